The number of esters is 2. The van der Waals surface area contributed by atoms with Crippen molar-refractivity contribution in [2.24, 2.45) is 0 Å². The molecule has 6 N–H and O–H groups in total. The molecule has 16 nitrogen and oxygen atoms in total. The maximum absolute atomic E-state index is 12.9. The zero-order valence-corrected chi connectivity index (χ0v) is 27.7. The van der Waals surface area contributed by atoms with E-state index in [0.29, 0.717) is 17.7 Å². The molecule has 270 valence electrons. The Kier molecular flexibility index (Phi) is 9.73. The smallest absolute Gasteiger partial charge is 0.347 e. The first kappa shape index (κ1) is 36.8. The van der Waals surface area contributed by atoms with E-state index in [1.807, 2.05) is 0 Å². The van der Waals surface area contributed by atoms with Gasteiger partial charge < -0.3 is 44.8 Å². The highest BCUT2D eigenvalue weighted by atomic mass is 16.6. The number of ether oxygens (including phenoxy) is 3. The lowest BCUT2D eigenvalue weighted by atomic mass is 9.82. The average Bonchev–Trinajstić information content (AvgIpc) is 3.22. The van der Waals surface area contributed by atoms with Crippen LogP contribution in [0.5, 0.6) is 40.2 Å². The van der Waals surface area contributed by atoms with Gasteiger partial charge in [0.25, 0.3) is 0 Å². The van der Waals surface area contributed by atoms with Gasteiger partial charge in [0.1, 0.15) is 40.7 Å². The molecule has 0 atom stereocenters. The standard InChI is InChI=1S/C22H16O12.C15H10O4/c1-8-5-12(24)10(6-23)19-15(8)22(31)34-20-11(7-32-14(27)4-3-13(25)26)17(28)16(21(29)30)9(2)18(20)33-19;1-7-5-9-13(11(17)6-7)15(19)12-8(14(9)18)3-2-4-10(12)16/h3-6,24,28H,7H2,1-2H3,(H,25,26)(H,29,30);2-6,16-17H,1H3. The molecule has 0 fully saturated rings. The fraction of sp³-hybridized carbons (Fsp3) is 0.108. The number of fused-ring (bicyclic) bond motifs is 4. The molecule has 0 radical (unpaired) electrons. The van der Waals surface area contributed by atoms with Gasteiger partial charge in [-0.3, -0.25) is 14.4 Å². The van der Waals surface area contributed by atoms with E-state index in [1.165, 1.54) is 38.1 Å². The molecule has 1 aliphatic carbocycles. The van der Waals surface area contributed by atoms with Crippen molar-refractivity contribution < 1.29 is 78.4 Å². The van der Waals surface area contributed by atoms with Gasteiger partial charge in [-0.25, -0.2) is 19.2 Å². The first-order chi connectivity index (χ1) is 25.0. The highest BCUT2D eigenvalue weighted by Crippen LogP contribution is 2.50. The third-order valence-electron chi connectivity index (χ3n) is 8.12. The highest BCUT2D eigenvalue weighted by molar-refractivity contribution is 6.30. The van der Waals surface area contributed by atoms with E-state index in [9.17, 15) is 59.1 Å². The van der Waals surface area contributed by atoms with E-state index in [0.717, 1.165) is 6.07 Å². The van der Waals surface area contributed by atoms with Crippen LogP contribution >= 0.6 is 0 Å². The van der Waals surface area contributed by atoms with Crippen molar-refractivity contribution in [3.63, 3.8) is 0 Å². The third kappa shape index (κ3) is 6.59. The Labute approximate surface area is 297 Å². The van der Waals surface area contributed by atoms with Gasteiger partial charge in [-0.15, -0.1) is 0 Å². The van der Waals surface area contributed by atoms with Crippen molar-refractivity contribution >= 4 is 41.7 Å². The number of benzene rings is 4. The second-order valence-corrected chi connectivity index (χ2v) is 11.6. The summed E-state index contributed by atoms with van der Waals surface area (Å²) in [6, 6.07) is 8.49. The monoisotopic (exact) mass is 726 g/mol. The summed E-state index contributed by atoms with van der Waals surface area (Å²) in [5, 5.41) is 58.5. The first-order valence-corrected chi connectivity index (χ1v) is 15.1. The van der Waals surface area contributed by atoms with Crippen LogP contribution in [0, 0.1) is 20.8 Å². The Morgan fingerprint density at radius 3 is 2.08 bits per heavy atom. The summed E-state index contributed by atoms with van der Waals surface area (Å²) in [7, 11) is 0. The number of aryl methyl sites for hydroxylation is 2. The summed E-state index contributed by atoms with van der Waals surface area (Å²) in [5.74, 6) is -9.28. The zero-order valence-electron chi connectivity index (χ0n) is 27.7. The number of aliphatic carboxylic acids is 1. The predicted octanol–water partition coefficient (Wildman–Crippen LogP) is 4.42. The lowest BCUT2D eigenvalue weighted by Gasteiger charge is -2.19. The molecule has 53 heavy (non-hydrogen) atoms. The lowest BCUT2D eigenvalue weighted by Crippen LogP contribution is -2.21. The van der Waals surface area contributed by atoms with Crippen molar-refractivity contribution in [2.75, 3.05) is 0 Å². The summed E-state index contributed by atoms with van der Waals surface area (Å²) in [5.41, 5.74) is -0.836. The number of ketones is 2. The van der Waals surface area contributed by atoms with Gasteiger partial charge in [0.15, 0.2) is 29.3 Å². The number of aromatic hydroxyl groups is 4. The molecule has 0 spiro atoms. The molecule has 0 saturated carbocycles. The third-order valence-corrected chi connectivity index (χ3v) is 8.12. The highest BCUT2D eigenvalue weighted by Gasteiger charge is 2.36. The number of rotatable bonds is 6. The van der Waals surface area contributed by atoms with E-state index in [-0.39, 0.29) is 68.3 Å². The Morgan fingerprint density at radius 1 is 0.755 bits per heavy atom. The van der Waals surface area contributed by atoms with Crippen LogP contribution in [0.4, 0.5) is 0 Å². The Morgan fingerprint density at radius 2 is 1.43 bits per heavy atom. The largest absolute Gasteiger partial charge is 0.507 e. The quantitative estimate of drug-likeness (QED) is 0.0612. The fourth-order valence-corrected chi connectivity index (χ4v) is 5.74. The Balaban J connectivity index is 0.000000239. The first-order valence-electron chi connectivity index (χ1n) is 15.1. The van der Waals surface area contributed by atoms with Crippen molar-refractivity contribution in [3.8, 4) is 40.2 Å². The number of phenolic OH excluding ortho intramolecular Hbond substituents is 3. The summed E-state index contributed by atoms with van der Waals surface area (Å²) >= 11 is 0. The maximum atomic E-state index is 12.9. The van der Waals surface area contributed by atoms with Crippen LogP contribution in [0.2, 0.25) is 0 Å². The molecule has 0 unspecified atom stereocenters. The molecular weight excluding hydrogens is 700 g/mol. The van der Waals surface area contributed by atoms with E-state index in [2.05, 4.69) is 0 Å². The number of hydrogen-bond donors (Lipinski definition) is 6. The molecule has 2 aliphatic rings. The van der Waals surface area contributed by atoms with Gasteiger partial charge in [-0.05, 0) is 56.2 Å². The summed E-state index contributed by atoms with van der Waals surface area (Å²) < 4.78 is 15.9. The minimum Gasteiger partial charge on any atom is -0.507 e. The van der Waals surface area contributed by atoms with Gasteiger partial charge in [-0.1, -0.05) is 12.1 Å². The molecular formula is C37H26O16. The molecule has 0 saturated heterocycles. The number of aromatic carboxylic acids is 1. The number of hydrogen-bond acceptors (Lipinski definition) is 14. The van der Waals surface area contributed by atoms with Gasteiger partial charge in [0.05, 0.1) is 22.3 Å². The summed E-state index contributed by atoms with van der Waals surface area (Å²) in [6.07, 6.45) is 1.30. The second-order valence-electron chi connectivity index (χ2n) is 11.6. The predicted molar refractivity (Wildman–Crippen MR) is 177 cm³/mol. The van der Waals surface area contributed by atoms with Gasteiger partial charge >= 0.3 is 23.9 Å². The average molecular weight is 727 g/mol. The van der Waals surface area contributed by atoms with Gasteiger partial charge in [0, 0.05) is 28.8 Å². The lowest BCUT2D eigenvalue weighted by molar-refractivity contribution is -0.139. The maximum Gasteiger partial charge on any atom is 0.347 e. The van der Waals surface area contributed by atoms with Crippen LogP contribution in [0.1, 0.15) is 85.2 Å². The number of aldehydes is 1. The van der Waals surface area contributed by atoms with Crippen LogP contribution in [0.15, 0.2) is 48.6 Å². The molecule has 16 heteroatoms. The normalized spacial score (nSPS) is 12.5. The molecule has 0 bridgehead atoms. The molecule has 6 rings (SSSR count). The summed E-state index contributed by atoms with van der Waals surface area (Å²) in [6.45, 7) is 3.56. The van der Waals surface area contributed by atoms with Crippen molar-refractivity contribution in [3.05, 3.63) is 110 Å². The van der Waals surface area contributed by atoms with Crippen LogP contribution in [-0.2, 0) is 20.9 Å². The Hall–Kier alpha value is -7.49. The van der Waals surface area contributed by atoms with Crippen molar-refractivity contribution in [2.45, 2.75) is 27.4 Å². The fourth-order valence-electron chi connectivity index (χ4n) is 5.74. The minimum absolute atomic E-state index is 0.0374. The molecule has 1 aliphatic heterocycles. The molecule has 0 aromatic heterocycles. The van der Waals surface area contributed by atoms with E-state index < -0.39 is 76.0 Å². The Bertz CT molecular complexity index is 2370. The molecule has 4 aromatic rings. The molecule has 4 aromatic carbocycles. The number of carbonyl (C=O) groups excluding carboxylic acids is 5. The molecule has 0 amide bonds. The number of carboxylic acid groups (broad SMARTS) is 2. The SMILES string of the molecule is Cc1cc(O)c(C=O)c2c1C(=O)Oc1c(COC(=O)C=CC(=O)O)c(O)c(C(=O)O)c(C)c1O2.Cc1cc(O)c2c(c1)C(=O)c1cccc(O)c1C2=O. The van der Waals surface area contributed by atoms with Crippen LogP contribution in [0.25, 0.3) is 0 Å². The van der Waals surface area contributed by atoms with E-state index in [4.69, 9.17) is 19.3 Å². The minimum atomic E-state index is -1.60. The van der Waals surface area contributed by atoms with Crippen LogP contribution in [0.3, 0.4) is 0 Å². The topological polar surface area (TPSA) is 269 Å². The molecule has 1 heterocycles. The second kappa shape index (κ2) is 14.0. The number of carboxylic acids is 2. The van der Waals surface area contributed by atoms with E-state index in [1.54, 1.807) is 13.0 Å². The number of carbonyl (C=O) groups is 7. The van der Waals surface area contributed by atoms with Gasteiger partial charge in [-0.2, -0.15) is 0 Å². The summed E-state index contributed by atoms with van der Waals surface area (Å²) in [4.78, 5) is 83.3. The van der Waals surface area contributed by atoms with Crippen molar-refractivity contribution in [1.29, 1.82) is 0 Å². The van der Waals surface area contributed by atoms with Crippen LogP contribution in [-0.4, -0.2) is 72.4 Å². The van der Waals surface area contributed by atoms with Crippen molar-refractivity contribution in [1.82, 2.24) is 0 Å². The van der Waals surface area contributed by atoms with Crippen LogP contribution < -0.4 is 9.47 Å². The van der Waals surface area contributed by atoms with Gasteiger partial charge in [0.2, 0.25) is 5.78 Å². The number of phenols is 4. The zero-order chi connectivity index (χ0) is 39.0. The van der Waals surface area contributed by atoms with E-state index >= 15 is 0 Å².